The van der Waals surface area contributed by atoms with E-state index in [9.17, 15) is 13.2 Å². The van der Waals surface area contributed by atoms with Crippen LogP contribution in [0.3, 0.4) is 0 Å². The fourth-order valence-electron chi connectivity index (χ4n) is 4.42. The second kappa shape index (κ2) is 5.66. The van der Waals surface area contributed by atoms with Crippen molar-refractivity contribution in [2.24, 2.45) is 0 Å². The van der Waals surface area contributed by atoms with Crippen LogP contribution >= 0.6 is 0 Å². The SMILES string of the molecule is O=C1Cc2cc(S(=O)(=O)N3CCc4ccccc4C3)cc3c2N1CCC3. The minimum absolute atomic E-state index is 0.0856. The Morgan fingerprint density at radius 1 is 0.885 bits per heavy atom. The topological polar surface area (TPSA) is 57.7 Å². The lowest BCUT2D eigenvalue weighted by molar-refractivity contribution is -0.117. The van der Waals surface area contributed by atoms with Crippen molar-refractivity contribution < 1.29 is 13.2 Å². The number of amides is 1. The van der Waals surface area contributed by atoms with Crippen LogP contribution in [0.4, 0.5) is 5.69 Å². The lowest BCUT2D eigenvalue weighted by Crippen LogP contribution is -2.36. The summed E-state index contributed by atoms with van der Waals surface area (Å²) in [7, 11) is -3.57. The minimum atomic E-state index is -3.57. The van der Waals surface area contributed by atoms with Gasteiger partial charge in [-0.25, -0.2) is 8.42 Å². The van der Waals surface area contributed by atoms with Crippen LogP contribution in [0.5, 0.6) is 0 Å². The van der Waals surface area contributed by atoms with Crippen molar-refractivity contribution in [3.63, 3.8) is 0 Å². The summed E-state index contributed by atoms with van der Waals surface area (Å²) in [5.41, 5.74) is 5.12. The third-order valence-corrected chi connectivity index (χ3v) is 7.54. The molecule has 0 atom stereocenters. The quantitative estimate of drug-likeness (QED) is 0.817. The highest BCUT2D eigenvalue weighted by Gasteiger charge is 2.35. The van der Waals surface area contributed by atoms with Gasteiger partial charge in [0, 0.05) is 19.6 Å². The number of aryl methyl sites for hydroxylation is 1. The van der Waals surface area contributed by atoms with Crippen molar-refractivity contribution in [1.82, 2.24) is 4.31 Å². The number of hydrogen-bond acceptors (Lipinski definition) is 3. The first-order valence-electron chi connectivity index (χ1n) is 9.07. The zero-order chi connectivity index (χ0) is 17.9. The highest BCUT2D eigenvalue weighted by molar-refractivity contribution is 7.89. The van der Waals surface area contributed by atoms with E-state index in [1.807, 2.05) is 23.1 Å². The number of fused-ring (bicyclic) bond motifs is 1. The van der Waals surface area contributed by atoms with Crippen LogP contribution in [0.15, 0.2) is 41.3 Å². The monoisotopic (exact) mass is 368 g/mol. The van der Waals surface area contributed by atoms with Gasteiger partial charge < -0.3 is 4.90 Å². The highest BCUT2D eigenvalue weighted by atomic mass is 32.2. The second-order valence-corrected chi connectivity index (χ2v) is 9.21. The molecule has 0 N–H and O–H groups in total. The van der Waals surface area contributed by atoms with Crippen LogP contribution in [-0.2, 0) is 40.6 Å². The number of anilines is 1. The van der Waals surface area contributed by atoms with Crippen molar-refractivity contribution in [3.05, 3.63) is 58.7 Å². The summed E-state index contributed by atoms with van der Waals surface area (Å²) in [6.07, 6.45) is 2.77. The van der Waals surface area contributed by atoms with Crippen LogP contribution in [0.1, 0.15) is 28.7 Å². The Labute approximate surface area is 153 Å². The van der Waals surface area contributed by atoms with Crippen LogP contribution < -0.4 is 4.90 Å². The molecule has 0 saturated heterocycles. The lowest BCUT2D eigenvalue weighted by atomic mass is 10.0. The van der Waals surface area contributed by atoms with E-state index in [0.29, 0.717) is 24.4 Å². The van der Waals surface area contributed by atoms with Gasteiger partial charge in [0.25, 0.3) is 0 Å². The van der Waals surface area contributed by atoms with E-state index in [0.717, 1.165) is 48.2 Å². The molecule has 3 heterocycles. The predicted octanol–water partition coefficient (Wildman–Crippen LogP) is 2.27. The Balaban J connectivity index is 1.54. The van der Waals surface area contributed by atoms with E-state index in [-0.39, 0.29) is 5.91 Å². The number of carbonyl (C=O) groups is 1. The molecule has 3 aliphatic heterocycles. The Morgan fingerprint density at radius 2 is 1.65 bits per heavy atom. The zero-order valence-corrected chi connectivity index (χ0v) is 15.3. The molecule has 134 valence electrons. The van der Waals surface area contributed by atoms with Gasteiger partial charge in [0.15, 0.2) is 0 Å². The molecular formula is C20H20N2O3S. The molecule has 2 aromatic carbocycles. The largest absolute Gasteiger partial charge is 0.312 e. The molecule has 0 bridgehead atoms. The number of carbonyl (C=O) groups excluding carboxylic acids is 1. The van der Waals surface area contributed by atoms with Crippen molar-refractivity contribution in [3.8, 4) is 0 Å². The Morgan fingerprint density at radius 3 is 2.50 bits per heavy atom. The van der Waals surface area contributed by atoms with Gasteiger partial charge in [0.2, 0.25) is 15.9 Å². The maximum Gasteiger partial charge on any atom is 0.243 e. The van der Waals surface area contributed by atoms with Gasteiger partial charge in [-0.2, -0.15) is 4.31 Å². The van der Waals surface area contributed by atoms with Crippen molar-refractivity contribution in [2.45, 2.75) is 37.1 Å². The van der Waals surface area contributed by atoms with Crippen LogP contribution in [0.25, 0.3) is 0 Å². The van der Waals surface area contributed by atoms with E-state index < -0.39 is 10.0 Å². The van der Waals surface area contributed by atoms with Crippen molar-refractivity contribution >= 4 is 21.6 Å². The van der Waals surface area contributed by atoms with Gasteiger partial charge in [0.1, 0.15) is 0 Å². The number of nitrogens with zero attached hydrogens (tertiary/aromatic N) is 2. The first-order valence-corrected chi connectivity index (χ1v) is 10.5. The maximum absolute atomic E-state index is 13.3. The van der Waals surface area contributed by atoms with Crippen LogP contribution in [0.2, 0.25) is 0 Å². The highest BCUT2D eigenvalue weighted by Crippen LogP contribution is 2.39. The molecule has 2 aromatic rings. The molecule has 26 heavy (non-hydrogen) atoms. The normalized spacial score (nSPS) is 19.4. The number of hydrogen-bond donors (Lipinski definition) is 0. The summed E-state index contributed by atoms with van der Waals surface area (Å²) >= 11 is 0. The molecule has 3 aliphatic rings. The van der Waals surface area contributed by atoms with E-state index >= 15 is 0 Å². The summed E-state index contributed by atoms with van der Waals surface area (Å²) in [4.78, 5) is 14.4. The number of sulfonamides is 1. The molecule has 1 amide bonds. The van der Waals surface area contributed by atoms with Crippen LogP contribution in [-0.4, -0.2) is 31.7 Å². The van der Waals surface area contributed by atoms with E-state index in [2.05, 4.69) is 6.07 Å². The molecule has 6 heteroatoms. The Bertz CT molecular complexity index is 1030. The average Bonchev–Trinajstić information content (AvgIpc) is 2.98. The Hall–Kier alpha value is -2.18. The molecule has 5 rings (SSSR count). The standard InChI is InChI=1S/C20H20N2O3S/c23-19-12-17-11-18(10-15-6-3-8-22(19)20(15)17)26(24,25)21-9-7-14-4-1-2-5-16(14)13-21/h1-2,4-5,10-11H,3,6-9,12-13H2. The van der Waals surface area contributed by atoms with Gasteiger partial charge in [-0.3, -0.25) is 4.79 Å². The summed E-state index contributed by atoms with van der Waals surface area (Å²) < 4.78 is 28.1. The molecule has 0 spiro atoms. The van der Waals surface area contributed by atoms with Crippen molar-refractivity contribution in [1.29, 1.82) is 0 Å². The Kier molecular flexibility index (Phi) is 3.49. The van der Waals surface area contributed by atoms with Gasteiger partial charge in [-0.15, -0.1) is 0 Å². The van der Waals surface area contributed by atoms with E-state index in [1.165, 1.54) is 5.56 Å². The van der Waals surface area contributed by atoms with Gasteiger partial charge in [-0.1, -0.05) is 24.3 Å². The second-order valence-electron chi connectivity index (χ2n) is 7.27. The molecule has 0 aliphatic carbocycles. The summed E-state index contributed by atoms with van der Waals surface area (Å²) in [5.74, 6) is 0.0856. The van der Waals surface area contributed by atoms with E-state index in [1.54, 1.807) is 16.4 Å². The minimum Gasteiger partial charge on any atom is -0.312 e. The van der Waals surface area contributed by atoms with Gasteiger partial charge in [0.05, 0.1) is 17.0 Å². The molecule has 0 aromatic heterocycles. The van der Waals surface area contributed by atoms with E-state index in [4.69, 9.17) is 0 Å². The third-order valence-electron chi connectivity index (χ3n) is 5.72. The maximum atomic E-state index is 13.3. The predicted molar refractivity (Wildman–Crippen MR) is 98.6 cm³/mol. The zero-order valence-electron chi connectivity index (χ0n) is 14.4. The lowest BCUT2D eigenvalue weighted by Gasteiger charge is -2.29. The summed E-state index contributed by atoms with van der Waals surface area (Å²) in [6.45, 7) is 1.65. The summed E-state index contributed by atoms with van der Waals surface area (Å²) in [6, 6.07) is 11.5. The fraction of sp³-hybridized carbons (Fsp3) is 0.350. The van der Waals surface area contributed by atoms with Gasteiger partial charge >= 0.3 is 0 Å². The number of rotatable bonds is 2. The molecular weight excluding hydrogens is 348 g/mol. The first kappa shape index (κ1) is 16.0. The average molecular weight is 368 g/mol. The molecule has 5 nitrogen and oxygen atoms in total. The molecule has 0 radical (unpaired) electrons. The van der Waals surface area contributed by atoms with Crippen molar-refractivity contribution in [2.75, 3.05) is 18.0 Å². The molecule has 0 unspecified atom stereocenters. The van der Waals surface area contributed by atoms with Crippen LogP contribution in [0, 0.1) is 0 Å². The molecule has 0 saturated carbocycles. The fourth-order valence-corrected chi connectivity index (χ4v) is 5.94. The molecule has 0 fully saturated rings. The third kappa shape index (κ3) is 2.32. The van der Waals surface area contributed by atoms with Gasteiger partial charge in [-0.05, 0) is 53.6 Å². The summed E-state index contributed by atoms with van der Waals surface area (Å²) in [5, 5.41) is 0. The smallest absolute Gasteiger partial charge is 0.243 e. The number of benzene rings is 2. The first-order chi connectivity index (χ1) is 12.5.